The first-order valence-electron chi connectivity index (χ1n) is 5.46. The Labute approximate surface area is 109 Å². The van der Waals surface area contributed by atoms with Gasteiger partial charge in [-0.1, -0.05) is 24.3 Å². The van der Waals surface area contributed by atoms with Crippen molar-refractivity contribution in [1.82, 2.24) is 4.98 Å². The Morgan fingerprint density at radius 3 is 2.67 bits per heavy atom. The number of rotatable bonds is 1. The van der Waals surface area contributed by atoms with Gasteiger partial charge in [-0.2, -0.15) is 0 Å². The number of benzene rings is 1. The molecule has 1 aromatic carbocycles. The number of H-pyrrole nitrogens is 1. The number of azo groups is 1. The molecule has 1 aliphatic heterocycles. The summed E-state index contributed by atoms with van der Waals surface area (Å²) in [5.41, 5.74) is 8.22. The SMILES string of the molecule is NC(=S)N=Nc1c2ccc[nH]c-2c2ccccc12. The van der Waals surface area contributed by atoms with Gasteiger partial charge in [0, 0.05) is 22.5 Å². The monoisotopic (exact) mass is 254 g/mol. The van der Waals surface area contributed by atoms with Crippen molar-refractivity contribution in [3.05, 3.63) is 42.6 Å². The largest absolute Gasteiger partial charge is 0.373 e. The normalized spacial score (nSPS) is 11.6. The highest BCUT2D eigenvalue weighted by atomic mass is 32.1. The summed E-state index contributed by atoms with van der Waals surface area (Å²) in [6.07, 6.45) is 1.89. The Morgan fingerprint density at radius 1 is 1.11 bits per heavy atom. The Balaban J connectivity index is 2.36. The lowest BCUT2D eigenvalue weighted by atomic mass is 10.2. The molecule has 0 spiro atoms. The van der Waals surface area contributed by atoms with Gasteiger partial charge in [0.15, 0.2) is 0 Å². The van der Waals surface area contributed by atoms with Crippen molar-refractivity contribution in [3.63, 3.8) is 0 Å². The van der Waals surface area contributed by atoms with Crippen molar-refractivity contribution >= 4 is 33.8 Å². The number of aromatic nitrogens is 1. The number of aromatic amines is 1. The van der Waals surface area contributed by atoms with E-state index in [4.69, 9.17) is 18.0 Å². The molecule has 2 aliphatic rings. The molecule has 18 heavy (non-hydrogen) atoms. The number of hydrogen-bond donors (Lipinski definition) is 2. The molecule has 0 fully saturated rings. The molecule has 1 aliphatic carbocycles. The summed E-state index contributed by atoms with van der Waals surface area (Å²) in [4.78, 5) is 3.24. The van der Waals surface area contributed by atoms with Crippen molar-refractivity contribution < 1.29 is 0 Å². The molecule has 0 saturated carbocycles. The average Bonchev–Trinajstić information content (AvgIpc) is 2.71. The molecule has 1 aromatic rings. The predicted molar refractivity (Wildman–Crippen MR) is 76.2 cm³/mol. The summed E-state index contributed by atoms with van der Waals surface area (Å²) in [5.74, 6) is 0. The van der Waals surface area contributed by atoms with Gasteiger partial charge in [0.1, 0.15) is 5.69 Å². The number of fused-ring (bicyclic) bond motifs is 3. The Bertz CT molecular complexity index is 729. The summed E-state index contributed by atoms with van der Waals surface area (Å²) >= 11 is 4.72. The van der Waals surface area contributed by atoms with Crippen LogP contribution in [0.5, 0.6) is 0 Å². The van der Waals surface area contributed by atoms with Crippen LogP contribution in [0.15, 0.2) is 52.8 Å². The summed E-state index contributed by atoms with van der Waals surface area (Å²) in [5, 5.41) is 10.1. The van der Waals surface area contributed by atoms with E-state index in [2.05, 4.69) is 15.2 Å². The van der Waals surface area contributed by atoms with Crippen LogP contribution in [0.3, 0.4) is 0 Å². The topological polar surface area (TPSA) is 66.5 Å². The van der Waals surface area contributed by atoms with E-state index < -0.39 is 0 Å². The van der Waals surface area contributed by atoms with Gasteiger partial charge in [0.2, 0.25) is 5.11 Å². The van der Waals surface area contributed by atoms with Crippen LogP contribution in [0, 0.1) is 0 Å². The maximum absolute atomic E-state index is 5.36. The first-order valence-corrected chi connectivity index (χ1v) is 5.87. The lowest BCUT2D eigenvalue weighted by Crippen LogP contribution is -2.01. The standard InChI is InChI=1S/C13H10N4S/c14-13(18)17-16-12-9-5-2-1-4-8(9)11-10(12)6-3-7-15-11/h1-7,15H,(H2,14,18). The van der Waals surface area contributed by atoms with Crippen molar-refractivity contribution in [2.75, 3.05) is 0 Å². The van der Waals surface area contributed by atoms with E-state index >= 15 is 0 Å². The van der Waals surface area contributed by atoms with Crippen molar-refractivity contribution in [2.45, 2.75) is 0 Å². The predicted octanol–water partition coefficient (Wildman–Crippen LogP) is 3.60. The highest BCUT2D eigenvalue weighted by Crippen LogP contribution is 2.43. The molecule has 4 nitrogen and oxygen atoms in total. The van der Waals surface area contributed by atoms with Gasteiger partial charge in [-0.15, -0.1) is 10.2 Å². The van der Waals surface area contributed by atoms with E-state index in [-0.39, 0.29) is 5.11 Å². The molecule has 1 heterocycles. The second-order valence-electron chi connectivity index (χ2n) is 3.89. The maximum atomic E-state index is 5.36. The zero-order chi connectivity index (χ0) is 12.5. The minimum atomic E-state index is 0.0355. The second-order valence-corrected chi connectivity index (χ2v) is 4.31. The van der Waals surface area contributed by atoms with Crippen molar-refractivity contribution in [1.29, 1.82) is 0 Å². The molecule has 3 N–H and O–H groups in total. The Morgan fingerprint density at radius 2 is 1.89 bits per heavy atom. The highest BCUT2D eigenvalue weighted by Gasteiger charge is 2.16. The van der Waals surface area contributed by atoms with E-state index in [9.17, 15) is 0 Å². The highest BCUT2D eigenvalue weighted by molar-refractivity contribution is 7.80. The summed E-state index contributed by atoms with van der Waals surface area (Å²) < 4.78 is 0. The number of hydrogen-bond acceptors (Lipinski definition) is 2. The molecule has 0 bridgehead atoms. The number of thiocarbonyl (C=S) groups is 1. The summed E-state index contributed by atoms with van der Waals surface area (Å²) in [6.45, 7) is 0. The molecule has 3 rings (SSSR count). The first-order chi connectivity index (χ1) is 8.77. The molecule has 5 heteroatoms. The molecule has 88 valence electrons. The van der Waals surface area contributed by atoms with Crippen LogP contribution in [0.25, 0.3) is 22.0 Å². The van der Waals surface area contributed by atoms with Gasteiger partial charge in [-0.25, -0.2) is 0 Å². The third-order valence-corrected chi connectivity index (χ3v) is 2.89. The number of nitrogens with zero attached hydrogens (tertiary/aromatic N) is 2. The molecule has 0 aromatic heterocycles. The molecule has 0 saturated heterocycles. The van der Waals surface area contributed by atoms with Crippen LogP contribution in [0.1, 0.15) is 0 Å². The number of pyridine rings is 1. The lowest BCUT2D eigenvalue weighted by Gasteiger charge is -1.98. The van der Waals surface area contributed by atoms with Gasteiger partial charge in [0.25, 0.3) is 0 Å². The van der Waals surface area contributed by atoms with Crippen LogP contribution in [-0.4, -0.2) is 10.1 Å². The van der Waals surface area contributed by atoms with E-state index in [0.717, 1.165) is 27.7 Å². The smallest absolute Gasteiger partial charge is 0.211 e. The van der Waals surface area contributed by atoms with Gasteiger partial charge < -0.3 is 10.7 Å². The average molecular weight is 254 g/mol. The molecule has 0 atom stereocenters. The second kappa shape index (κ2) is 4.19. The summed E-state index contributed by atoms with van der Waals surface area (Å²) in [6, 6.07) is 12.0. The van der Waals surface area contributed by atoms with Gasteiger partial charge >= 0.3 is 0 Å². The zero-order valence-corrected chi connectivity index (χ0v) is 10.2. The van der Waals surface area contributed by atoms with Gasteiger partial charge in [-0.3, -0.25) is 0 Å². The zero-order valence-electron chi connectivity index (χ0n) is 9.42. The third kappa shape index (κ3) is 1.65. The molecule has 0 unspecified atom stereocenters. The molecule has 0 amide bonds. The third-order valence-electron chi connectivity index (χ3n) is 2.81. The van der Waals surface area contributed by atoms with Crippen LogP contribution >= 0.6 is 12.2 Å². The van der Waals surface area contributed by atoms with Crippen LogP contribution in [0.4, 0.5) is 5.69 Å². The first kappa shape index (κ1) is 10.9. The van der Waals surface area contributed by atoms with Crippen molar-refractivity contribution in [2.24, 2.45) is 16.0 Å². The fourth-order valence-electron chi connectivity index (χ4n) is 2.12. The van der Waals surface area contributed by atoms with Gasteiger partial charge in [0.05, 0.1) is 5.69 Å². The maximum Gasteiger partial charge on any atom is 0.211 e. The quantitative estimate of drug-likeness (QED) is 0.514. The van der Waals surface area contributed by atoms with Crippen LogP contribution < -0.4 is 5.73 Å². The van der Waals surface area contributed by atoms with E-state index in [1.165, 1.54) is 0 Å². The fourth-order valence-corrected chi connectivity index (χ4v) is 2.16. The summed E-state index contributed by atoms with van der Waals surface area (Å²) in [7, 11) is 0. The minimum absolute atomic E-state index is 0.0355. The van der Waals surface area contributed by atoms with E-state index in [1.54, 1.807) is 0 Å². The Kier molecular flexibility index (Phi) is 2.53. The minimum Gasteiger partial charge on any atom is -0.373 e. The lowest BCUT2D eigenvalue weighted by molar-refractivity contribution is 1.28. The molecular formula is C13H10N4S. The van der Waals surface area contributed by atoms with Crippen LogP contribution in [-0.2, 0) is 0 Å². The molecule has 0 radical (unpaired) electrons. The van der Waals surface area contributed by atoms with Crippen LogP contribution in [0.2, 0.25) is 0 Å². The van der Waals surface area contributed by atoms with E-state index in [1.807, 2.05) is 42.6 Å². The van der Waals surface area contributed by atoms with Gasteiger partial charge in [-0.05, 0) is 24.4 Å². The number of nitrogens with one attached hydrogen (secondary N) is 1. The molecular weight excluding hydrogens is 244 g/mol. The van der Waals surface area contributed by atoms with Crippen molar-refractivity contribution in [3.8, 4) is 11.3 Å². The van der Waals surface area contributed by atoms with E-state index in [0.29, 0.717) is 0 Å². The fraction of sp³-hybridized carbons (Fsp3) is 0. The Hall–Kier alpha value is -2.27. The number of nitrogens with two attached hydrogens (primary N) is 1.